The molecule has 0 amide bonds. The summed E-state index contributed by atoms with van der Waals surface area (Å²) >= 11 is 5.75. The van der Waals surface area contributed by atoms with Crippen LogP contribution in [0, 0.1) is 23.0 Å². The van der Waals surface area contributed by atoms with Gasteiger partial charge in [-0.05, 0) is 24.3 Å². The van der Waals surface area contributed by atoms with E-state index in [0.717, 1.165) is 0 Å². The summed E-state index contributed by atoms with van der Waals surface area (Å²) in [5.74, 6) is -1.07. The molecule has 0 unspecified atom stereocenters. The van der Waals surface area contributed by atoms with Crippen LogP contribution in [0.2, 0.25) is 5.02 Å². The number of rotatable bonds is 3. The standard InChI is InChI=1S/C14H9ClF2N2/c15-11-4-5-12(16)13(6-11)19-8-10-3-1-2-9(7-18)14(10)17/h1-6,19H,8H2. The molecule has 2 aromatic carbocycles. The predicted molar refractivity (Wildman–Crippen MR) is 69.9 cm³/mol. The van der Waals surface area contributed by atoms with Crippen LogP contribution in [0.25, 0.3) is 0 Å². The largest absolute Gasteiger partial charge is 0.378 e. The highest BCUT2D eigenvalue weighted by Gasteiger charge is 2.08. The van der Waals surface area contributed by atoms with Crippen molar-refractivity contribution >= 4 is 17.3 Å². The van der Waals surface area contributed by atoms with Crippen molar-refractivity contribution in [3.63, 3.8) is 0 Å². The highest BCUT2D eigenvalue weighted by Crippen LogP contribution is 2.21. The third-order valence-corrected chi connectivity index (χ3v) is 2.83. The predicted octanol–water partition coefficient (Wildman–Crippen LogP) is 4.10. The molecule has 2 rings (SSSR count). The molecule has 0 saturated carbocycles. The van der Waals surface area contributed by atoms with Crippen LogP contribution >= 0.6 is 11.6 Å². The van der Waals surface area contributed by atoms with E-state index in [9.17, 15) is 8.78 Å². The fourth-order valence-electron chi connectivity index (χ4n) is 1.63. The topological polar surface area (TPSA) is 35.8 Å². The molecule has 0 heterocycles. The summed E-state index contributed by atoms with van der Waals surface area (Å²) in [5.41, 5.74) is 0.443. The second kappa shape index (κ2) is 5.68. The Morgan fingerprint density at radius 2 is 2.00 bits per heavy atom. The molecular formula is C14H9ClF2N2. The molecule has 0 saturated heterocycles. The third kappa shape index (κ3) is 3.01. The van der Waals surface area contributed by atoms with E-state index in [1.807, 2.05) is 0 Å². The van der Waals surface area contributed by atoms with Crippen LogP contribution in [0.5, 0.6) is 0 Å². The first-order valence-corrected chi connectivity index (χ1v) is 5.86. The fourth-order valence-corrected chi connectivity index (χ4v) is 1.80. The highest BCUT2D eigenvalue weighted by molar-refractivity contribution is 6.30. The molecule has 0 bridgehead atoms. The molecular weight excluding hydrogens is 270 g/mol. The second-order valence-corrected chi connectivity index (χ2v) is 4.30. The van der Waals surface area contributed by atoms with Gasteiger partial charge >= 0.3 is 0 Å². The molecule has 0 radical (unpaired) electrons. The zero-order valence-corrected chi connectivity index (χ0v) is 10.5. The Morgan fingerprint density at radius 1 is 1.21 bits per heavy atom. The smallest absolute Gasteiger partial charge is 0.146 e. The first-order chi connectivity index (χ1) is 9.11. The lowest BCUT2D eigenvalue weighted by atomic mass is 10.1. The molecule has 2 aromatic rings. The maximum atomic E-state index is 13.8. The average Bonchev–Trinajstić information content (AvgIpc) is 2.41. The molecule has 0 aliphatic heterocycles. The molecule has 0 atom stereocenters. The van der Waals surface area contributed by atoms with E-state index in [0.29, 0.717) is 10.6 Å². The van der Waals surface area contributed by atoms with Crippen molar-refractivity contribution in [2.75, 3.05) is 5.32 Å². The monoisotopic (exact) mass is 278 g/mol. The number of anilines is 1. The highest BCUT2D eigenvalue weighted by atomic mass is 35.5. The fraction of sp³-hybridized carbons (Fsp3) is 0.0714. The van der Waals surface area contributed by atoms with Crippen molar-refractivity contribution in [3.05, 3.63) is 64.2 Å². The van der Waals surface area contributed by atoms with Gasteiger partial charge in [0.05, 0.1) is 11.3 Å². The number of nitrogens with zero attached hydrogens (tertiary/aromatic N) is 1. The Kier molecular flexibility index (Phi) is 3.98. The molecule has 0 aliphatic carbocycles. The van der Waals surface area contributed by atoms with E-state index >= 15 is 0 Å². The number of nitriles is 1. The van der Waals surface area contributed by atoms with Crippen LogP contribution in [-0.4, -0.2) is 0 Å². The lowest BCUT2D eigenvalue weighted by Crippen LogP contribution is -2.04. The van der Waals surface area contributed by atoms with Gasteiger partial charge in [-0.2, -0.15) is 5.26 Å². The molecule has 96 valence electrons. The van der Waals surface area contributed by atoms with Crippen molar-refractivity contribution in [1.29, 1.82) is 5.26 Å². The van der Waals surface area contributed by atoms with Gasteiger partial charge in [0, 0.05) is 17.1 Å². The van der Waals surface area contributed by atoms with Crippen molar-refractivity contribution in [1.82, 2.24) is 0 Å². The van der Waals surface area contributed by atoms with Crippen LogP contribution < -0.4 is 5.32 Å². The lowest BCUT2D eigenvalue weighted by molar-refractivity contribution is 0.607. The molecule has 5 heteroatoms. The van der Waals surface area contributed by atoms with E-state index in [1.165, 1.54) is 30.3 Å². The Balaban J connectivity index is 2.20. The summed E-state index contributed by atoms with van der Waals surface area (Å²) in [5, 5.41) is 11.9. The van der Waals surface area contributed by atoms with E-state index in [-0.39, 0.29) is 17.8 Å². The van der Waals surface area contributed by atoms with Crippen LogP contribution in [0.1, 0.15) is 11.1 Å². The van der Waals surface area contributed by atoms with Crippen molar-refractivity contribution < 1.29 is 8.78 Å². The van der Waals surface area contributed by atoms with Gasteiger partial charge in [0.25, 0.3) is 0 Å². The van der Waals surface area contributed by atoms with E-state index < -0.39 is 11.6 Å². The number of halogens is 3. The minimum Gasteiger partial charge on any atom is -0.378 e. The minimum absolute atomic E-state index is 0.0362. The number of hydrogen-bond acceptors (Lipinski definition) is 2. The van der Waals surface area contributed by atoms with Crippen LogP contribution in [0.3, 0.4) is 0 Å². The summed E-state index contributed by atoms with van der Waals surface area (Å²) in [6, 6.07) is 10.3. The zero-order valence-electron chi connectivity index (χ0n) is 9.75. The Bertz CT molecular complexity index is 650. The first kappa shape index (κ1) is 13.3. The number of benzene rings is 2. The quantitative estimate of drug-likeness (QED) is 0.917. The first-order valence-electron chi connectivity index (χ1n) is 5.48. The maximum Gasteiger partial charge on any atom is 0.146 e. The maximum absolute atomic E-state index is 13.8. The van der Waals surface area contributed by atoms with E-state index in [2.05, 4.69) is 5.32 Å². The van der Waals surface area contributed by atoms with Gasteiger partial charge < -0.3 is 5.32 Å². The number of hydrogen-bond donors (Lipinski definition) is 1. The van der Waals surface area contributed by atoms with Gasteiger partial charge in [-0.25, -0.2) is 8.78 Å². The Hall–Kier alpha value is -2.12. The van der Waals surface area contributed by atoms with Gasteiger partial charge in [-0.3, -0.25) is 0 Å². The van der Waals surface area contributed by atoms with E-state index in [4.69, 9.17) is 16.9 Å². The van der Waals surface area contributed by atoms with Crippen molar-refractivity contribution in [2.45, 2.75) is 6.54 Å². The summed E-state index contributed by atoms with van der Waals surface area (Å²) in [4.78, 5) is 0. The second-order valence-electron chi connectivity index (χ2n) is 3.87. The molecule has 1 N–H and O–H groups in total. The van der Waals surface area contributed by atoms with Gasteiger partial charge in [0.15, 0.2) is 0 Å². The number of nitrogens with one attached hydrogen (secondary N) is 1. The lowest BCUT2D eigenvalue weighted by Gasteiger charge is -2.09. The molecule has 0 spiro atoms. The van der Waals surface area contributed by atoms with E-state index in [1.54, 1.807) is 12.1 Å². The molecule has 0 fully saturated rings. The third-order valence-electron chi connectivity index (χ3n) is 2.60. The summed E-state index contributed by atoms with van der Waals surface area (Å²) in [6.45, 7) is 0.0681. The molecule has 19 heavy (non-hydrogen) atoms. The Labute approximate surface area is 114 Å². The SMILES string of the molecule is N#Cc1cccc(CNc2cc(Cl)ccc2F)c1F. The Morgan fingerprint density at radius 3 is 2.74 bits per heavy atom. The van der Waals surface area contributed by atoms with Gasteiger partial charge in [0.1, 0.15) is 17.7 Å². The molecule has 0 aromatic heterocycles. The normalized spacial score (nSPS) is 10.0. The summed E-state index contributed by atoms with van der Waals surface area (Å²) < 4.78 is 27.2. The van der Waals surface area contributed by atoms with Gasteiger partial charge in [0.2, 0.25) is 0 Å². The van der Waals surface area contributed by atoms with Crippen molar-refractivity contribution in [2.24, 2.45) is 0 Å². The molecule has 2 nitrogen and oxygen atoms in total. The average molecular weight is 279 g/mol. The van der Waals surface area contributed by atoms with Crippen molar-refractivity contribution in [3.8, 4) is 6.07 Å². The summed E-state index contributed by atoms with van der Waals surface area (Å²) in [6.07, 6.45) is 0. The van der Waals surface area contributed by atoms with Crippen LogP contribution in [0.4, 0.5) is 14.5 Å². The van der Waals surface area contributed by atoms with Gasteiger partial charge in [-0.1, -0.05) is 23.7 Å². The summed E-state index contributed by atoms with van der Waals surface area (Å²) in [7, 11) is 0. The van der Waals surface area contributed by atoms with Crippen LogP contribution in [0.15, 0.2) is 36.4 Å². The van der Waals surface area contributed by atoms with Crippen LogP contribution in [-0.2, 0) is 6.54 Å². The minimum atomic E-state index is -0.597. The zero-order chi connectivity index (χ0) is 13.8. The van der Waals surface area contributed by atoms with Gasteiger partial charge in [-0.15, -0.1) is 0 Å². The molecule has 0 aliphatic rings.